The van der Waals surface area contributed by atoms with Crippen molar-refractivity contribution in [2.24, 2.45) is 0 Å². The van der Waals surface area contributed by atoms with Crippen LogP contribution in [0.25, 0.3) is 16.9 Å². The Hall–Kier alpha value is -2.44. The molecule has 0 aliphatic rings. The second-order valence-electron chi connectivity index (χ2n) is 5.38. The molecule has 1 unspecified atom stereocenters. The molecule has 0 aliphatic heterocycles. The Morgan fingerprint density at radius 1 is 1.17 bits per heavy atom. The summed E-state index contributed by atoms with van der Waals surface area (Å²) in [5, 5.41) is 26.6. The van der Waals surface area contributed by atoms with Crippen molar-refractivity contribution in [3.63, 3.8) is 0 Å². The number of aromatic nitrogens is 3. The number of imidazole rings is 1. The molecule has 2 heterocycles. The molecule has 3 aromatic rings. The van der Waals surface area contributed by atoms with Crippen molar-refractivity contribution < 1.29 is 10.2 Å². The molecule has 1 atom stereocenters. The summed E-state index contributed by atoms with van der Waals surface area (Å²) in [4.78, 5) is 4.37. The number of aliphatic hydroxyl groups is 2. The lowest BCUT2D eigenvalue weighted by molar-refractivity contribution is 0.271. The van der Waals surface area contributed by atoms with Gasteiger partial charge in [0.25, 0.3) is 0 Å². The van der Waals surface area contributed by atoms with E-state index in [0.29, 0.717) is 5.82 Å². The van der Waals surface area contributed by atoms with E-state index >= 15 is 0 Å². The molecule has 2 aromatic heterocycles. The van der Waals surface area contributed by atoms with Gasteiger partial charge in [-0.3, -0.25) is 0 Å². The van der Waals surface area contributed by atoms with Crippen LogP contribution in [0.15, 0.2) is 42.6 Å². The first kappa shape index (κ1) is 15.5. The minimum atomic E-state index is -0.0379. The fraction of sp³-hybridized carbons (Fsp3) is 0.294. The first-order valence-electron chi connectivity index (χ1n) is 7.68. The summed E-state index contributed by atoms with van der Waals surface area (Å²) in [5.41, 5.74) is 3.29. The van der Waals surface area contributed by atoms with E-state index in [9.17, 15) is 10.2 Å². The van der Waals surface area contributed by atoms with Gasteiger partial charge in [0.2, 0.25) is 0 Å². The lowest BCUT2D eigenvalue weighted by atomic mass is 10.1. The first-order valence-corrected chi connectivity index (χ1v) is 7.68. The smallest absolute Gasteiger partial charge is 0.154 e. The van der Waals surface area contributed by atoms with E-state index in [1.807, 2.05) is 43.3 Å². The predicted octanol–water partition coefficient (Wildman–Crippen LogP) is 2.07. The van der Waals surface area contributed by atoms with Gasteiger partial charge < -0.3 is 15.5 Å². The van der Waals surface area contributed by atoms with Crippen molar-refractivity contribution >= 4 is 11.5 Å². The molecule has 0 aliphatic carbocycles. The molecule has 120 valence electrons. The van der Waals surface area contributed by atoms with Crippen LogP contribution in [0.1, 0.15) is 18.9 Å². The standard InChI is InChI=1S/C17H20N4O2/c1-2-13(11-23)19-16-7-8-17-18-9-15(21(17)20-16)14-6-4-3-5-12(14)10-22/h3-9,13,22-23H,2,10-11H2,1H3,(H,19,20). The summed E-state index contributed by atoms with van der Waals surface area (Å²) in [6.07, 6.45) is 2.56. The fourth-order valence-corrected chi connectivity index (χ4v) is 2.53. The lowest BCUT2D eigenvalue weighted by Crippen LogP contribution is -2.23. The number of hydrogen-bond donors (Lipinski definition) is 3. The summed E-state index contributed by atoms with van der Waals surface area (Å²) in [7, 11) is 0. The van der Waals surface area contributed by atoms with Crippen LogP contribution in [-0.4, -0.2) is 37.5 Å². The highest BCUT2D eigenvalue weighted by atomic mass is 16.3. The Morgan fingerprint density at radius 2 is 2.00 bits per heavy atom. The molecule has 0 fully saturated rings. The van der Waals surface area contributed by atoms with E-state index in [-0.39, 0.29) is 19.3 Å². The fourth-order valence-electron chi connectivity index (χ4n) is 2.53. The molecule has 0 radical (unpaired) electrons. The molecule has 0 spiro atoms. The molecule has 3 N–H and O–H groups in total. The lowest BCUT2D eigenvalue weighted by Gasteiger charge is -2.15. The van der Waals surface area contributed by atoms with Crippen LogP contribution >= 0.6 is 0 Å². The maximum Gasteiger partial charge on any atom is 0.154 e. The Balaban J connectivity index is 2.05. The number of fused-ring (bicyclic) bond motifs is 1. The van der Waals surface area contributed by atoms with Gasteiger partial charge in [0.05, 0.1) is 31.1 Å². The zero-order valence-corrected chi connectivity index (χ0v) is 13.0. The van der Waals surface area contributed by atoms with Gasteiger partial charge in [-0.2, -0.15) is 0 Å². The SMILES string of the molecule is CCC(CO)Nc1ccc2ncc(-c3ccccc3CO)n2n1. The van der Waals surface area contributed by atoms with Crippen LogP contribution in [0.4, 0.5) is 5.82 Å². The average molecular weight is 312 g/mol. The van der Waals surface area contributed by atoms with Gasteiger partial charge in [0.15, 0.2) is 5.65 Å². The normalized spacial score (nSPS) is 12.5. The molecular weight excluding hydrogens is 292 g/mol. The topological polar surface area (TPSA) is 82.7 Å². The second-order valence-corrected chi connectivity index (χ2v) is 5.38. The Bertz CT molecular complexity index is 796. The van der Waals surface area contributed by atoms with E-state index in [1.54, 1.807) is 10.7 Å². The third-order valence-electron chi connectivity index (χ3n) is 3.89. The van der Waals surface area contributed by atoms with Crippen molar-refractivity contribution in [2.45, 2.75) is 26.0 Å². The van der Waals surface area contributed by atoms with Crippen molar-refractivity contribution in [1.82, 2.24) is 14.6 Å². The molecule has 3 rings (SSSR count). The Kier molecular flexibility index (Phi) is 4.55. The van der Waals surface area contributed by atoms with Gasteiger partial charge >= 0.3 is 0 Å². The summed E-state index contributed by atoms with van der Waals surface area (Å²) in [5.74, 6) is 0.680. The zero-order chi connectivity index (χ0) is 16.2. The van der Waals surface area contributed by atoms with Crippen LogP contribution < -0.4 is 5.32 Å². The number of benzene rings is 1. The first-order chi connectivity index (χ1) is 11.3. The van der Waals surface area contributed by atoms with Gasteiger partial charge in [-0.25, -0.2) is 9.50 Å². The molecular formula is C17H20N4O2. The van der Waals surface area contributed by atoms with Gasteiger partial charge in [0.1, 0.15) is 5.82 Å². The highest BCUT2D eigenvalue weighted by Gasteiger charge is 2.12. The third kappa shape index (κ3) is 3.04. The quantitative estimate of drug-likeness (QED) is 0.649. The number of nitrogens with one attached hydrogen (secondary N) is 1. The molecule has 23 heavy (non-hydrogen) atoms. The second kappa shape index (κ2) is 6.76. The summed E-state index contributed by atoms with van der Waals surface area (Å²) in [6.45, 7) is 2.02. The van der Waals surface area contributed by atoms with Crippen LogP contribution in [0, 0.1) is 0 Å². The van der Waals surface area contributed by atoms with Crippen LogP contribution in [0.5, 0.6) is 0 Å². The number of hydrogen-bond acceptors (Lipinski definition) is 5. The molecule has 6 nitrogen and oxygen atoms in total. The van der Waals surface area contributed by atoms with Crippen molar-refractivity contribution in [1.29, 1.82) is 0 Å². The number of anilines is 1. The summed E-state index contributed by atoms with van der Waals surface area (Å²) in [6, 6.07) is 11.3. The van der Waals surface area contributed by atoms with Gasteiger partial charge in [-0.15, -0.1) is 5.10 Å². The number of aliphatic hydroxyl groups excluding tert-OH is 2. The zero-order valence-electron chi connectivity index (χ0n) is 13.0. The number of rotatable bonds is 6. The van der Waals surface area contributed by atoms with E-state index in [1.165, 1.54) is 0 Å². The van der Waals surface area contributed by atoms with E-state index < -0.39 is 0 Å². The number of nitrogens with zero attached hydrogens (tertiary/aromatic N) is 3. The van der Waals surface area contributed by atoms with Gasteiger partial charge in [0, 0.05) is 5.56 Å². The van der Waals surface area contributed by atoms with Gasteiger partial charge in [-0.1, -0.05) is 31.2 Å². The summed E-state index contributed by atoms with van der Waals surface area (Å²) >= 11 is 0. The minimum Gasteiger partial charge on any atom is -0.394 e. The Morgan fingerprint density at radius 3 is 2.74 bits per heavy atom. The highest BCUT2D eigenvalue weighted by Crippen LogP contribution is 2.24. The molecule has 0 saturated heterocycles. The molecule has 0 saturated carbocycles. The molecule has 1 aromatic carbocycles. The maximum absolute atomic E-state index is 9.54. The monoisotopic (exact) mass is 312 g/mol. The third-order valence-corrected chi connectivity index (χ3v) is 3.89. The molecule has 0 bridgehead atoms. The van der Waals surface area contributed by atoms with Crippen molar-refractivity contribution in [3.05, 3.63) is 48.2 Å². The predicted molar refractivity (Wildman–Crippen MR) is 89.1 cm³/mol. The Labute approximate surface area is 134 Å². The van der Waals surface area contributed by atoms with Crippen LogP contribution in [0.2, 0.25) is 0 Å². The molecule has 0 amide bonds. The van der Waals surface area contributed by atoms with E-state index in [0.717, 1.165) is 28.9 Å². The molecule has 6 heteroatoms. The van der Waals surface area contributed by atoms with Crippen LogP contribution in [-0.2, 0) is 6.61 Å². The highest BCUT2D eigenvalue weighted by molar-refractivity contribution is 5.67. The van der Waals surface area contributed by atoms with E-state index in [4.69, 9.17) is 0 Å². The largest absolute Gasteiger partial charge is 0.394 e. The van der Waals surface area contributed by atoms with Crippen molar-refractivity contribution in [3.8, 4) is 11.3 Å². The van der Waals surface area contributed by atoms with E-state index in [2.05, 4.69) is 15.4 Å². The average Bonchev–Trinajstić information content (AvgIpc) is 3.02. The van der Waals surface area contributed by atoms with Crippen molar-refractivity contribution in [2.75, 3.05) is 11.9 Å². The maximum atomic E-state index is 9.54. The van der Waals surface area contributed by atoms with Gasteiger partial charge in [-0.05, 0) is 24.1 Å². The minimum absolute atomic E-state index is 0.0309. The van der Waals surface area contributed by atoms with Crippen LogP contribution in [0.3, 0.4) is 0 Å². The summed E-state index contributed by atoms with van der Waals surface area (Å²) < 4.78 is 1.75.